The molecule has 0 aromatic rings. The Hall–Kier alpha value is -0.590. The fraction of sp³-hybridized carbons (Fsp3) is 0.800. The van der Waals surface area contributed by atoms with Crippen molar-refractivity contribution in [2.75, 3.05) is 13.7 Å². The van der Waals surface area contributed by atoms with Crippen LogP contribution in [-0.2, 0) is 4.74 Å². The highest BCUT2D eigenvalue weighted by Crippen LogP contribution is 1.91. The van der Waals surface area contributed by atoms with Crippen molar-refractivity contribution in [1.82, 2.24) is 0 Å². The van der Waals surface area contributed by atoms with E-state index in [4.69, 9.17) is 10.4 Å². The van der Waals surface area contributed by atoms with Crippen molar-refractivity contribution < 1.29 is 9.84 Å². The van der Waals surface area contributed by atoms with E-state index < -0.39 is 6.10 Å². The summed E-state index contributed by atoms with van der Waals surface area (Å²) in [5, 5.41) is 16.4. The predicted octanol–water partition coefficient (Wildman–Crippen LogP) is -0.0926. The largest absolute Gasteiger partial charge is 0.396 e. The summed E-state index contributed by atoms with van der Waals surface area (Å²) in [6.07, 6.45) is -0.0486. The zero-order valence-corrected chi connectivity index (χ0v) is 4.79. The van der Waals surface area contributed by atoms with Crippen molar-refractivity contribution in [3.8, 4) is 6.07 Å². The smallest absolute Gasteiger partial charge is 0.145 e. The van der Waals surface area contributed by atoms with Crippen molar-refractivity contribution in [1.29, 1.82) is 5.26 Å². The topological polar surface area (TPSA) is 53.2 Å². The standard InChI is InChI=1S/C5H9NO2/c1-8-5(4-6)2-3-7/h5,7H,2-3H2,1H3. The molecule has 0 saturated heterocycles. The molecule has 1 atom stereocenters. The molecule has 0 aromatic carbocycles. The lowest BCUT2D eigenvalue weighted by Crippen LogP contribution is -2.08. The molecule has 0 rings (SSSR count). The summed E-state index contributed by atoms with van der Waals surface area (Å²) in [4.78, 5) is 0. The van der Waals surface area contributed by atoms with E-state index in [-0.39, 0.29) is 6.61 Å². The lowest BCUT2D eigenvalue weighted by atomic mass is 10.3. The van der Waals surface area contributed by atoms with Gasteiger partial charge in [-0.1, -0.05) is 0 Å². The molecule has 0 radical (unpaired) electrons. The Morgan fingerprint density at radius 2 is 2.50 bits per heavy atom. The van der Waals surface area contributed by atoms with Gasteiger partial charge in [0, 0.05) is 20.1 Å². The third-order valence-electron chi connectivity index (χ3n) is 0.820. The second-order valence-electron chi connectivity index (χ2n) is 1.37. The summed E-state index contributed by atoms with van der Waals surface area (Å²) in [6, 6.07) is 1.87. The van der Waals surface area contributed by atoms with Crippen molar-refractivity contribution >= 4 is 0 Å². The highest BCUT2D eigenvalue weighted by Gasteiger charge is 2.00. The molecular weight excluding hydrogens is 106 g/mol. The number of aliphatic hydroxyl groups is 1. The van der Waals surface area contributed by atoms with Gasteiger partial charge in [0.25, 0.3) is 0 Å². The highest BCUT2D eigenvalue weighted by atomic mass is 16.5. The van der Waals surface area contributed by atoms with Crippen LogP contribution >= 0.6 is 0 Å². The summed E-state index contributed by atoms with van der Waals surface area (Å²) in [7, 11) is 1.45. The maximum absolute atomic E-state index is 8.27. The molecule has 0 heterocycles. The molecule has 0 amide bonds. The van der Waals surface area contributed by atoms with Gasteiger partial charge in [-0.3, -0.25) is 0 Å². The second-order valence-corrected chi connectivity index (χ2v) is 1.37. The molecule has 0 aliphatic heterocycles. The molecule has 1 N–H and O–H groups in total. The van der Waals surface area contributed by atoms with E-state index in [1.165, 1.54) is 7.11 Å². The summed E-state index contributed by atoms with van der Waals surface area (Å²) >= 11 is 0. The Bertz CT molecular complexity index is 86.9. The van der Waals surface area contributed by atoms with Gasteiger partial charge >= 0.3 is 0 Å². The summed E-state index contributed by atoms with van der Waals surface area (Å²) in [5.41, 5.74) is 0. The van der Waals surface area contributed by atoms with Crippen LogP contribution in [0.5, 0.6) is 0 Å². The van der Waals surface area contributed by atoms with Crippen LogP contribution in [-0.4, -0.2) is 24.9 Å². The molecule has 0 bridgehead atoms. The number of nitriles is 1. The second kappa shape index (κ2) is 4.57. The summed E-state index contributed by atoms with van der Waals surface area (Å²) in [6.45, 7) is 0.00602. The Morgan fingerprint density at radius 1 is 1.88 bits per heavy atom. The lowest BCUT2D eigenvalue weighted by molar-refractivity contribution is 0.117. The van der Waals surface area contributed by atoms with Gasteiger partial charge in [0.05, 0.1) is 6.07 Å². The normalized spacial score (nSPS) is 12.6. The number of aliphatic hydroxyl groups excluding tert-OH is 1. The van der Waals surface area contributed by atoms with Gasteiger partial charge in [-0.2, -0.15) is 5.26 Å². The minimum Gasteiger partial charge on any atom is -0.396 e. The van der Waals surface area contributed by atoms with Gasteiger partial charge in [-0.05, 0) is 0 Å². The average Bonchev–Trinajstić information content (AvgIpc) is 1.83. The molecular formula is C5H9NO2. The number of methoxy groups -OCH3 is 1. The number of ether oxygens (including phenoxy) is 1. The van der Waals surface area contributed by atoms with E-state index in [2.05, 4.69) is 4.74 Å². The van der Waals surface area contributed by atoms with Gasteiger partial charge < -0.3 is 9.84 Å². The van der Waals surface area contributed by atoms with Crippen molar-refractivity contribution in [3.63, 3.8) is 0 Å². The average molecular weight is 115 g/mol. The first kappa shape index (κ1) is 7.41. The van der Waals surface area contributed by atoms with Gasteiger partial charge in [0.2, 0.25) is 0 Å². The number of nitrogens with zero attached hydrogens (tertiary/aromatic N) is 1. The molecule has 0 fully saturated rings. The quantitative estimate of drug-likeness (QED) is 0.559. The monoisotopic (exact) mass is 115 g/mol. The first-order valence-corrected chi connectivity index (χ1v) is 2.38. The molecule has 46 valence electrons. The first-order valence-electron chi connectivity index (χ1n) is 2.38. The van der Waals surface area contributed by atoms with Gasteiger partial charge in [0.1, 0.15) is 6.10 Å². The SMILES string of the molecule is COC(C#N)CCO. The highest BCUT2D eigenvalue weighted by molar-refractivity contribution is 4.82. The molecule has 3 heteroatoms. The van der Waals surface area contributed by atoms with Crippen LogP contribution in [0.25, 0.3) is 0 Å². The Labute approximate surface area is 48.5 Å². The molecule has 0 saturated carbocycles. The third kappa shape index (κ3) is 2.56. The molecule has 3 nitrogen and oxygen atoms in total. The van der Waals surface area contributed by atoms with E-state index in [0.29, 0.717) is 6.42 Å². The van der Waals surface area contributed by atoms with Gasteiger partial charge in [-0.25, -0.2) is 0 Å². The predicted molar refractivity (Wildman–Crippen MR) is 28.1 cm³/mol. The van der Waals surface area contributed by atoms with Crippen LogP contribution < -0.4 is 0 Å². The number of hydrogen-bond acceptors (Lipinski definition) is 3. The van der Waals surface area contributed by atoms with Crippen LogP contribution in [0, 0.1) is 11.3 Å². The Kier molecular flexibility index (Phi) is 4.23. The number of rotatable bonds is 3. The van der Waals surface area contributed by atoms with Crippen LogP contribution in [0.15, 0.2) is 0 Å². The lowest BCUT2D eigenvalue weighted by Gasteiger charge is -2.00. The van der Waals surface area contributed by atoms with Crippen molar-refractivity contribution in [3.05, 3.63) is 0 Å². The van der Waals surface area contributed by atoms with E-state index in [1.54, 1.807) is 0 Å². The van der Waals surface area contributed by atoms with E-state index in [0.717, 1.165) is 0 Å². The minimum atomic E-state index is -0.444. The van der Waals surface area contributed by atoms with Crippen LogP contribution in [0.4, 0.5) is 0 Å². The molecule has 0 spiro atoms. The van der Waals surface area contributed by atoms with Crippen LogP contribution in [0.3, 0.4) is 0 Å². The van der Waals surface area contributed by atoms with Crippen molar-refractivity contribution in [2.45, 2.75) is 12.5 Å². The fourth-order valence-electron chi connectivity index (χ4n) is 0.352. The maximum atomic E-state index is 8.27. The molecule has 0 aromatic heterocycles. The van der Waals surface area contributed by atoms with E-state index in [9.17, 15) is 0 Å². The van der Waals surface area contributed by atoms with E-state index in [1.807, 2.05) is 6.07 Å². The zero-order valence-electron chi connectivity index (χ0n) is 4.79. The molecule has 1 unspecified atom stereocenters. The molecule has 0 aliphatic rings. The van der Waals surface area contributed by atoms with Gasteiger partial charge in [0.15, 0.2) is 0 Å². The third-order valence-corrected chi connectivity index (χ3v) is 0.820. The Balaban J connectivity index is 3.26. The molecule has 8 heavy (non-hydrogen) atoms. The van der Waals surface area contributed by atoms with Crippen molar-refractivity contribution in [2.24, 2.45) is 0 Å². The maximum Gasteiger partial charge on any atom is 0.145 e. The van der Waals surface area contributed by atoms with Crippen LogP contribution in [0.1, 0.15) is 6.42 Å². The summed E-state index contributed by atoms with van der Waals surface area (Å²) < 4.78 is 4.62. The minimum absolute atomic E-state index is 0.00602. The fourth-order valence-corrected chi connectivity index (χ4v) is 0.352. The van der Waals surface area contributed by atoms with Crippen LogP contribution in [0.2, 0.25) is 0 Å². The number of hydrogen-bond donors (Lipinski definition) is 1. The van der Waals surface area contributed by atoms with Gasteiger partial charge in [-0.15, -0.1) is 0 Å². The first-order chi connectivity index (χ1) is 3.85. The zero-order chi connectivity index (χ0) is 6.41. The van der Waals surface area contributed by atoms with E-state index >= 15 is 0 Å². The summed E-state index contributed by atoms with van der Waals surface area (Å²) in [5.74, 6) is 0. The molecule has 0 aliphatic carbocycles. The Morgan fingerprint density at radius 3 is 2.62 bits per heavy atom.